The van der Waals surface area contributed by atoms with E-state index in [-0.39, 0.29) is 34.8 Å². The first kappa shape index (κ1) is 26.0. The van der Waals surface area contributed by atoms with Crippen LogP contribution in [0.25, 0.3) is 0 Å². The minimum atomic E-state index is -0.284. The maximum absolute atomic E-state index is 13.5. The molecule has 0 amide bonds. The summed E-state index contributed by atoms with van der Waals surface area (Å²) in [5, 5.41) is 19.9. The van der Waals surface area contributed by atoms with E-state index >= 15 is 0 Å². The fourth-order valence-electron chi connectivity index (χ4n) is 5.13. The SMILES string of the molecule is CCCC1C(=N)N(CC(=O)c2cc(C(C)(C)C)c(O)c(C(C)(C)C)c2)CC1Cc1ccccc1. The fraction of sp³-hybridized carbons (Fsp3) is 0.533. The zero-order valence-electron chi connectivity index (χ0n) is 22.0. The third-order valence-corrected chi connectivity index (χ3v) is 7.04. The summed E-state index contributed by atoms with van der Waals surface area (Å²) < 4.78 is 0. The molecule has 1 saturated heterocycles. The van der Waals surface area contributed by atoms with Crippen molar-refractivity contribution < 1.29 is 9.90 Å². The molecule has 0 aliphatic carbocycles. The Morgan fingerprint density at radius 2 is 1.59 bits per heavy atom. The second-order valence-electron chi connectivity index (χ2n) is 12.0. The van der Waals surface area contributed by atoms with E-state index in [4.69, 9.17) is 5.41 Å². The summed E-state index contributed by atoms with van der Waals surface area (Å²) in [6, 6.07) is 14.2. The van der Waals surface area contributed by atoms with Crippen LogP contribution in [-0.2, 0) is 17.3 Å². The number of Topliss-reactive ketones (excluding diaryl/α,β-unsaturated/α-hetero) is 1. The number of ketones is 1. The van der Waals surface area contributed by atoms with Crippen molar-refractivity contribution in [1.82, 2.24) is 4.90 Å². The normalized spacial score (nSPS) is 19.0. The number of carbonyl (C=O) groups is 1. The highest BCUT2D eigenvalue weighted by atomic mass is 16.3. The molecule has 34 heavy (non-hydrogen) atoms. The third kappa shape index (κ3) is 5.71. The first-order valence-corrected chi connectivity index (χ1v) is 12.6. The molecular formula is C30H42N2O2. The standard InChI is InChI=1S/C30H42N2O2/c1-8-12-23-22(15-20-13-10-9-11-14-20)18-32(28(23)31)19-26(33)21-16-24(29(2,3)4)27(34)25(17-21)30(5,6)7/h9-11,13-14,16-17,22-23,31,34H,8,12,15,18-19H2,1-7H3. The Balaban J connectivity index is 1.87. The molecule has 4 heteroatoms. The fourth-order valence-corrected chi connectivity index (χ4v) is 5.13. The van der Waals surface area contributed by atoms with Gasteiger partial charge in [0.2, 0.25) is 0 Å². The summed E-state index contributed by atoms with van der Waals surface area (Å²) in [6.07, 6.45) is 2.94. The van der Waals surface area contributed by atoms with E-state index < -0.39 is 0 Å². The number of hydrogen-bond acceptors (Lipinski definition) is 3. The van der Waals surface area contributed by atoms with Crippen molar-refractivity contribution in [1.29, 1.82) is 5.41 Å². The Labute approximate surface area is 205 Å². The van der Waals surface area contributed by atoms with Gasteiger partial charge in [0.15, 0.2) is 5.78 Å². The Morgan fingerprint density at radius 3 is 2.09 bits per heavy atom. The Kier molecular flexibility index (Phi) is 7.59. The van der Waals surface area contributed by atoms with Crippen LogP contribution in [0.2, 0.25) is 0 Å². The predicted octanol–water partition coefficient (Wildman–Crippen LogP) is 6.74. The van der Waals surface area contributed by atoms with Crippen LogP contribution in [0.4, 0.5) is 0 Å². The van der Waals surface area contributed by atoms with E-state index in [0.717, 1.165) is 36.9 Å². The average molecular weight is 463 g/mol. The number of rotatable bonds is 7. The maximum atomic E-state index is 13.5. The van der Waals surface area contributed by atoms with Gasteiger partial charge < -0.3 is 10.0 Å². The van der Waals surface area contributed by atoms with Crippen molar-refractivity contribution in [2.45, 2.75) is 78.6 Å². The molecule has 2 aromatic carbocycles. The molecule has 4 nitrogen and oxygen atoms in total. The van der Waals surface area contributed by atoms with Crippen molar-refractivity contribution in [2.75, 3.05) is 13.1 Å². The molecule has 3 rings (SSSR count). The molecule has 0 aromatic heterocycles. The van der Waals surface area contributed by atoms with Gasteiger partial charge in [-0.1, -0.05) is 85.2 Å². The van der Waals surface area contributed by atoms with Gasteiger partial charge in [0.05, 0.1) is 12.4 Å². The lowest BCUT2D eigenvalue weighted by Crippen LogP contribution is -2.32. The summed E-state index contributed by atoms with van der Waals surface area (Å²) >= 11 is 0. The molecule has 1 heterocycles. The van der Waals surface area contributed by atoms with E-state index in [2.05, 4.69) is 72.7 Å². The van der Waals surface area contributed by atoms with Crippen LogP contribution in [0.15, 0.2) is 42.5 Å². The molecule has 0 radical (unpaired) electrons. The number of hydrogen-bond donors (Lipinski definition) is 2. The van der Waals surface area contributed by atoms with Gasteiger partial charge in [-0.2, -0.15) is 0 Å². The molecule has 1 aliphatic heterocycles. The van der Waals surface area contributed by atoms with Gasteiger partial charge in [-0.05, 0) is 47.3 Å². The van der Waals surface area contributed by atoms with Crippen molar-refractivity contribution in [3.63, 3.8) is 0 Å². The van der Waals surface area contributed by atoms with Crippen LogP contribution in [0, 0.1) is 17.2 Å². The van der Waals surface area contributed by atoms with Crippen molar-refractivity contribution in [2.24, 2.45) is 11.8 Å². The number of phenolic OH excluding ortho intramolecular Hbond substituents is 1. The minimum Gasteiger partial charge on any atom is -0.507 e. The first-order chi connectivity index (χ1) is 15.8. The molecular weight excluding hydrogens is 420 g/mol. The average Bonchev–Trinajstić information content (AvgIpc) is 3.02. The van der Waals surface area contributed by atoms with E-state index in [1.165, 1.54) is 5.56 Å². The number of nitrogens with zero attached hydrogens (tertiary/aromatic N) is 1. The van der Waals surface area contributed by atoms with Gasteiger partial charge in [-0.25, -0.2) is 0 Å². The quantitative estimate of drug-likeness (QED) is 0.448. The van der Waals surface area contributed by atoms with Gasteiger partial charge in [0.25, 0.3) is 0 Å². The molecule has 2 atom stereocenters. The Morgan fingerprint density at radius 1 is 1.03 bits per heavy atom. The first-order valence-electron chi connectivity index (χ1n) is 12.6. The largest absolute Gasteiger partial charge is 0.507 e. The highest BCUT2D eigenvalue weighted by Gasteiger charge is 2.38. The van der Waals surface area contributed by atoms with Crippen LogP contribution >= 0.6 is 0 Å². The second kappa shape index (κ2) is 9.93. The van der Waals surface area contributed by atoms with Crippen LogP contribution < -0.4 is 0 Å². The van der Waals surface area contributed by atoms with Crippen LogP contribution in [0.5, 0.6) is 5.75 Å². The summed E-state index contributed by atoms with van der Waals surface area (Å²) in [4.78, 5) is 15.5. The highest BCUT2D eigenvalue weighted by Crippen LogP contribution is 2.40. The minimum absolute atomic E-state index is 0.0105. The van der Waals surface area contributed by atoms with E-state index in [0.29, 0.717) is 17.3 Å². The molecule has 1 aliphatic rings. The summed E-state index contributed by atoms with van der Waals surface area (Å²) in [6.45, 7) is 15.5. The lowest BCUT2D eigenvalue weighted by molar-refractivity contribution is 0.0963. The number of phenols is 1. The summed E-state index contributed by atoms with van der Waals surface area (Å²) in [5.41, 5.74) is 2.94. The maximum Gasteiger partial charge on any atom is 0.182 e. The molecule has 0 spiro atoms. The van der Waals surface area contributed by atoms with E-state index in [1.807, 2.05) is 23.1 Å². The van der Waals surface area contributed by atoms with Gasteiger partial charge >= 0.3 is 0 Å². The second-order valence-corrected chi connectivity index (χ2v) is 12.0. The lowest BCUT2D eigenvalue weighted by atomic mass is 9.78. The zero-order chi connectivity index (χ0) is 25.3. The smallest absolute Gasteiger partial charge is 0.182 e. The van der Waals surface area contributed by atoms with Gasteiger partial charge in [-0.3, -0.25) is 10.2 Å². The van der Waals surface area contributed by atoms with Crippen molar-refractivity contribution in [3.8, 4) is 5.75 Å². The highest BCUT2D eigenvalue weighted by molar-refractivity contribution is 6.00. The molecule has 2 N–H and O–H groups in total. The summed E-state index contributed by atoms with van der Waals surface area (Å²) in [7, 11) is 0. The van der Waals surface area contributed by atoms with Gasteiger partial charge in [0, 0.05) is 29.2 Å². The van der Waals surface area contributed by atoms with Gasteiger partial charge in [-0.15, -0.1) is 0 Å². The van der Waals surface area contributed by atoms with Crippen molar-refractivity contribution >= 4 is 11.6 Å². The Bertz CT molecular complexity index is 993. The number of likely N-dealkylation sites (tertiary alicyclic amines) is 1. The zero-order valence-corrected chi connectivity index (χ0v) is 22.0. The van der Waals surface area contributed by atoms with Gasteiger partial charge in [0.1, 0.15) is 5.75 Å². The number of aromatic hydroxyl groups is 1. The van der Waals surface area contributed by atoms with Crippen LogP contribution in [-0.4, -0.2) is 34.7 Å². The molecule has 0 saturated carbocycles. The third-order valence-electron chi connectivity index (χ3n) is 7.04. The molecule has 0 bridgehead atoms. The monoisotopic (exact) mass is 462 g/mol. The number of benzene rings is 2. The molecule has 1 fully saturated rings. The van der Waals surface area contributed by atoms with E-state index in [1.54, 1.807) is 0 Å². The Hall–Kier alpha value is -2.62. The molecule has 2 aromatic rings. The number of carbonyl (C=O) groups excluding carboxylic acids is 1. The number of amidine groups is 1. The van der Waals surface area contributed by atoms with Crippen molar-refractivity contribution in [3.05, 3.63) is 64.7 Å². The predicted molar refractivity (Wildman–Crippen MR) is 141 cm³/mol. The van der Waals surface area contributed by atoms with Crippen LogP contribution in [0.3, 0.4) is 0 Å². The number of nitrogens with one attached hydrogen (secondary N) is 1. The lowest BCUT2D eigenvalue weighted by Gasteiger charge is -2.28. The molecule has 2 unspecified atom stereocenters. The van der Waals surface area contributed by atoms with E-state index in [9.17, 15) is 9.90 Å². The summed E-state index contributed by atoms with van der Waals surface area (Å²) in [5.74, 6) is 1.43. The topological polar surface area (TPSA) is 64.4 Å². The van der Waals surface area contributed by atoms with Crippen LogP contribution in [0.1, 0.15) is 88.4 Å². The molecule has 184 valence electrons.